The molecule has 0 aliphatic rings. The Kier molecular flexibility index (Phi) is 5.07. The summed E-state index contributed by atoms with van der Waals surface area (Å²) in [5.74, 6) is -0.0937. The Bertz CT molecular complexity index is 718. The largest absolute Gasteiger partial charge is 0.481 e. The van der Waals surface area contributed by atoms with Crippen LogP contribution in [0, 0.1) is 6.92 Å². The van der Waals surface area contributed by atoms with Crippen LogP contribution in [0.25, 0.3) is 11.0 Å². The molecule has 2 aromatic rings. The second-order valence-electron chi connectivity index (χ2n) is 4.40. The summed E-state index contributed by atoms with van der Waals surface area (Å²) in [7, 11) is 1.30. The molecule has 1 aromatic heterocycles. The van der Waals surface area contributed by atoms with E-state index >= 15 is 0 Å². The Balaban J connectivity index is 2.37. The van der Waals surface area contributed by atoms with Crippen LogP contribution in [-0.2, 0) is 14.3 Å². The molecule has 1 aromatic carbocycles. The molecule has 0 N–H and O–H groups in total. The van der Waals surface area contributed by atoms with E-state index in [9.17, 15) is 9.59 Å². The summed E-state index contributed by atoms with van der Waals surface area (Å²) < 4.78 is 21.1. The van der Waals surface area contributed by atoms with Crippen LogP contribution >= 0.6 is 15.9 Å². The van der Waals surface area contributed by atoms with E-state index in [2.05, 4.69) is 15.9 Å². The third-order valence-corrected chi connectivity index (χ3v) is 3.58. The molecule has 0 radical (unpaired) electrons. The van der Waals surface area contributed by atoms with Crippen molar-refractivity contribution in [2.24, 2.45) is 0 Å². The van der Waals surface area contributed by atoms with E-state index in [1.165, 1.54) is 7.11 Å². The zero-order valence-electron chi connectivity index (χ0n) is 12.4. The summed E-state index contributed by atoms with van der Waals surface area (Å²) >= 11 is 3.34. The summed E-state index contributed by atoms with van der Waals surface area (Å²) in [5, 5.41) is 0.561. The average molecular weight is 371 g/mol. The molecule has 0 amide bonds. The van der Waals surface area contributed by atoms with Gasteiger partial charge in [0.25, 0.3) is 0 Å². The molecule has 22 heavy (non-hydrogen) atoms. The van der Waals surface area contributed by atoms with E-state index in [1.807, 2.05) is 0 Å². The molecule has 0 spiro atoms. The SMILES string of the molecule is CCOC(=O)COc1cc2c(C(=O)OC)c(C)oc2cc1Br. The van der Waals surface area contributed by atoms with Crippen molar-refractivity contribution in [3.8, 4) is 5.75 Å². The normalized spacial score (nSPS) is 10.5. The van der Waals surface area contributed by atoms with Gasteiger partial charge in [-0.05, 0) is 41.9 Å². The van der Waals surface area contributed by atoms with Gasteiger partial charge in [0, 0.05) is 5.39 Å². The van der Waals surface area contributed by atoms with Crippen LogP contribution in [0.5, 0.6) is 5.75 Å². The van der Waals surface area contributed by atoms with E-state index in [1.54, 1.807) is 26.0 Å². The van der Waals surface area contributed by atoms with E-state index in [-0.39, 0.29) is 13.2 Å². The molecule has 1 heterocycles. The maximum atomic E-state index is 11.8. The van der Waals surface area contributed by atoms with Crippen LogP contribution in [0.3, 0.4) is 0 Å². The minimum absolute atomic E-state index is 0.220. The third kappa shape index (κ3) is 3.24. The minimum Gasteiger partial charge on any atom is -0.481 e. The first kappa shape index (κ1) is 16.4. The Morgan fingerprint density at radius 1 is 1.32 bits per heavy atom. The summed E-state index contributed by atoms with van der Waals surface area (Å²) in [4.78, 5) is 23.2. The highest BCUT2D eigenvalue weighted by atomic mass is 79.9. The molecule has 0 aliphatic heterocycles. The standard InChI is InChI=1S/C15H15BrO6/c1-4-20-13(17)7-21-12-5-9-11(6-10(12)16)22-8(2)14(9)15(18)19-3/h5-6H,4,7H2,1-3H3. The van der Waals surface area contributed by atoms with E-state index in [4.69, 9.17) is 18.6 Å². The average Bonchev–Trinajstić information content (AvgIpc) is 2.79. The number of methoxy groups -OCH3 is 1. The summed E-state index contributed by atoms with van der Waals surface area (Å²) in [6.07, 6.45) is 0. The van der Waals surface area contributed by atoms with Crippen molar-refractivity contribution >= 4 is 38.8 Å². The Labute approximate surface area is 135 Å². The third-order valence-electron chi connectivity index (χ3n) is 2.96. The first-order valence-electron chi connectivity index (χ1n) is 6.57. The smallest absolute Gasteiger partial charge is 0.344 e. The number of hydrogen-bond donors (Lipinski definition) is 0. The van der Waals surface area contributed by atoms with Gasteiger partial charge >= 0.3 is 11.9 Å². The lowest BCUT2D eigenvalue weighted by Gasteiger charge is -2.08. The zero-order chi connectivity index (χ0) is 16.3. The quantitative estimate of drug-likeness (QED) is 0.752. The molecule has 0 saturated carbocycles. The molecule has 7 heteroatoms. The Morgan fingerprint density at radius 2 is 2.05 bits per heavy atom. The maximum Gasteiger partial charge on any atom is 0.344 e. The highest BCUT2D eigenvalue weighted by Crippen LogP contribution is 2.35. The van der Waals surface area contributed by atoms with Crippen LogP contribution in [0.15, 0.2) is 21.0 Å². The first-order chi connectivity index (χ1) is 10.5. The highest BCUT2D eigenvalue weighted by molar-refractivity contribution is 9.10. The molecule has 0 saturated heterocycles. The van der Waals surface area contributed by atoms with Gasteiger partial charge in [-0.1, -0.05) is 0 Å². The Hall–Kier alpha value is -2.02. The van der Waals surface area contributed by atoms with Gasteiger partial charge in [-0.25, -0.2) is 9.59 Å². The second-order valence-corrected chi connectivity index (χ2v) is 5.25. The fourth-order valence-corrected chi connectivity index (χ4v) is 2.46. The van der Waals surface area contributed by atoms with Gasteiger partial charge in [-0.3, -0.25) is 0 Å². The van der Waals surface area contributed by atoms with Crippen molar-refractivity contribution in [3.63, 3.8) is 0 Å². The van der Waals surface area contributed by atoms with Crippen molar-refractivity contribution in [2.45, 2.75) is 13.8 Å². The van der Waals surface area contributed by atoms with Gasteiger partial charge in [0.05, 0.1) is 18.2 Å². The second kappa shape index (κ2) is 6.83. The zero-order valence-corrected chi connectivity index (χ0v) is 14.0. The molecular formula is C15H15BrO6. The molecule has 6 nitrogen and oxygen atoms in total. The fraction of sp³-hybridized carbons (Fsp3) is 0.333. The lowest BCUT2D eigenvalue weighted by atomic mass is 10.1. The lowest BCUT2D eigenvalue weighted by molar-refractivity contribution is -0.145. The van der Waals surface area contributed by atoms with Gasteiger partial charge in [0.1, 0.15) is 22.7 Å². The van der Waals surface area contributed by atoms with Crippen LogP contribution in [-0.4, -0.2) is 32.3 Å². The summed E-state index contributed by atoms with van der Waals surface area (Å²) in [6, 6.07) is 3.30. The predicted octanol–water partition coefficient (Wildman–Crippen LogP) is 3.23. The first-order valence-corrected chi connectivity index (χ1v) is 7.36. The molecule has 0 atom stereocenters. The number of benzene rings is 1. The maximum absolute atomic E-state index is 11.8. The van der Waals surface area contributed by atoms with Gasteiger partial charge in [0.15, 0.2) is 6.61 Å². The van der Waals surface area contributed by atoms with Gasteiger partial charge in [-0.2, -0.15) is 0 Å². The van der Waals surface area contributed by atoms with E-state index < -0.39 is 11.9 Å². The van der Waals surface area contributed by atoms with Crippen LogP contribution in [0.4, 0.5) is 0 Å². The van der Waals surface area contributed by atoms with Crippen molar-refractivity contribution < 1.29 is 28.2 Å². The highest BCUT2D eigenvalue weighted by Gasteiger charge is 2.21. The number of hydrogen-bond acceptors (Lipinski definition) is 6. The molecule has 0 unspecified atom stereocenters. The number of carbonyl (C=O) groups excluding carboxylic acids is 2. The molecule has 118 valence electrons. The fourth-order valence-electron chi connectivity index (χ4n) is 2.03. The number of rotatable bonds is 5. The van der Waals surface area contributed by atoms with E-state index in [0.717, 1.165) is 0 Å². The molecular weight excluding hydrogens is 356 g/mol. The summed E-state index contributed by atoms with van der Waals surface area (Å²) in [6.45, 7) is 3.47. The van der Waals surface area contributed by atoms with Gasteiger partial charge in [-0.15, -0.1) is 0 Å². The van der Waals surface area contributed by atoms with Crippen LogP contribution < -0.4 is 4.74 Å². The number of aryl methyl sites for hydroxylation is 1. The van der Waals surface area contributed by atoms with Crippen LogP contribution in [0.1, 0.15) is 23.0 Å². The minimum atomic E-state index is -0.491. The predicted molar refractivity (Wildman–Crippen MR) is 82.1 cm³/mol. The molecule has 0 aliphatic carbocycles. The molecule has 0 bridgehead atoms. The topological polar surface area (TPSA) is 75.0 Å². The number of furan rings is 1. The van der Waals surface area contributed by atoms with Crippen molar-refractivity contribution in [1.29, 1.82) is 0 Å². The Morgan fingerprint density at radius 3 is 2.68 bits per heavy atom. The number of carbonyl (C=O) groups is 2. The van der Waals surface area contributed by atoms with Crippen molar-refractivity contribution in [1.82, 2.24) is 0 Å². The van der Waals surface area contributed by atoms with Crippen molar-refractivity contribution in [2.75, 3.05) is 20.3 Å². The monoisotopic (exact) mass is 370 g/mol. The summed E-state index contributed by atoms with van der Waals surface area (Å²) in [5.41, 5.74) is 0.860. The van der Waals surface area contributed by atoms with Gasteiger partial charge in [0.2, 0.25) is 0 Å². The van der Waals surface area contributed by atoms with Gasteiger partial charge < -0.3 is 18.6 Å². The number of esters is 2. The van der Waals surface area contributed by atoms with Crippen LogP contribution in [0.2, 0.25) is 0 Å². The van der Waals surface area contributed by atoms with E-state index in [0.29, 0.717) is 32.5 Å². The lowest BCUT2D eigenvalue weighted by Crippen LogP contribution is -2.14. The molecule has 2 rings (SSSR count). The van der Waals surface area contributed by atoms with Crippen molar-refractivity contribution in [3.05, 3.63) is 27.9 Å². The number of ether oxygens (including phenoxy) is 3. The number of fused-ring (bicyclic) bond motifs is 1. The number of halogens is 1. The molecule has 0 fully saturated rings.